The molecule has 5 nitrogen and oxygen atoms in total. The molecule has 0 saturated heterocycles. The van der Waals surface area contributed by atoms with Gasteiger partial charge in [-0.2, -0.15) is 16.9 Å². The smallest absolute Gasteiger partial charge is 0.273 e. The normalized spacial score (nSPS) is 10.5. The SMILES string of the molecule is CCn1cc(N)c(C(=O)NCCCCSC)n1. The predicted molar refractivity (Wildman–Crippen MR) is 72.3 cm³/mol. The predicted octanol–water partition coefficient (Wildman–Crippen LogP) is 1.36. The van der Waals surface area contributed by atoms with Crippen LogP contribution in [0.3, 0.4) is 0 Å². The Morgan fingerprint density at radius 1 is 1.59 bits per heavy atom. The average molecular weight is 256 g/mol. The van der Waals surface area contributed by atoms with Crippen molar-refractivity contribution in [3.8, 4) is 0 Å². The molecule has 0 aromatic carbocycles. The minimum Gasteiger partial charge on any atom is -0.396 e. The largest absolute Gasteiger partial charge is 0.396 e. The van der Waals surface area contributed by atoms with Crippen molar-refractivity contribution < 1.29 is 4.79 Å². The van der Waals surface area contributed by atoms with E-state index in [9.17, 15) is 4.79 Å². The van der Waals surface area contributed by atoms with Gasteiger partial charge in [0, 0.05) is 19.3 Å². The van der Waals surface area contributed by atoms with Crippen LogP contribution in [0.1, 0.15) is 30.3 Å². The third kappa shape index (κ3) is 4.30. The molecular weight excluding hydrogens is 236 g/mol. The van der Waals surface area contributed by atoms with E-state index in [1.165, 1.54) is 0 Å². The molecular formula is C11H20N4OS. The molecule has 0 unspecified atom stereocenters. The summed E-state index contributed by atoms with van der Waals surface area (Å²) < 4.78 is 1.66. The van der Waals surface area contributed by atoms with E-state index in [1.54, 1.807) is 10.9 Å². The molecule has 0 fully saturated rings. The van der Waals surface area contributed by atoms with E-state index in [1.807, 2.05) is 18.7 Å². The van der Waals surface area contributed by atoms with Crippen molar-refractivity contribution in [3.63, 3.8) is 0 Å². The first-order chi connectivity index (χ1) is 8.19. The van der Waals surface area contributed by atoms with Crippen LogP contribution >= 0.6 is 11.8 Å². The van der Waals surface area contributed by atoms with E-state index in [-0.39, 0.29) is 5.91 Å². The van der Waals surface area contributed by atoms with Gasteiger partial charge in [-0.05, 0) is 31.8 Å². The van der Waals surface area contributed by atoms with Crippen LogP contribution in [0.15, 0.2) is 6.20 Å². The first kappa shape index (κ1) is 13.9. The Kier molecular flexibility index (Phi) is 5.90. The van der Waals surface area contributed by atoms with Crippen LogP contribution in [0.5, 0.6) is 0 Å². The molecule has 0 spiro atoms. The molecule has 0 aliphatic rings. The second kappa shape index (κ2) is 7.21. The number of carbonyl (C=O) groups excluding carboxylic acids is 1. The van der Waals surface area contributed by atoms with E-state index in [4.69, 9.17) is 5.73 Å². The number of aromatic nitrogens is 2. The second-order valence-corrected chi connectivity index (χ2v) is 4.73. The number of nitrogen functional groups attached to an aromatic ring is 1. The van der Waals surface area contributed by atoms with Crippen LogP contribution < -0.4 is 11.1 Å². The summed E-state index contributed by atoms with van der Waals surface area (Å²) in [6.07, 6.45) is 5.86. The number of nitrogens with two attached hydrogens (primary N) is 1. The number of hydrogen-bond acceptors (Lipinski definition) is 4. The summed E-state index contributed by atoms with van der Waals surface area (Å²) in [5.74, 6) is 0.946. The fraction of sp³-hybridized carbons (Fsp3) is 0.636. The Hall–Kier alpha value is -1.17. The monoisotopic (exact) mass is 256 g/mol. The van der Waals surface area contributed by atoms with Gasteiger partial charge in [0.25, 0.3) is 5.91 Å². The quantitative estimate of drug-likeness (QED) is 0.722. The second-order valence-electron chi connectivity index (χ2n) is 3.74. The molecule has 1 rings (SSSR count). The molecule has 0 atom stereocenters. The Labute approximate surface area is 106 Å². The van der Waals surface area contributed by atoms with Crippen molar-refractivity contribution in [2.75, 3.05) is 24.3 Å². The first-order valence-electron chi connectivity index (χ1n) is 5.79. The van der Waals surface area contributed by atoms with Crippen molar-refractivity contribution >= 4 is 23.4 Å². The molecule has 0 radical (unpaired) electrons. The summed E-state index contributed by atoms with van der Waals surface area (Å²) in [6.45, 7) is 3.35. The highest BCUT2D eigenvalue weighted by atomic mass is 32.2. The molecule has 0 bridgehead atoms. The molecule has 6 heteroatoms. The minimum atomic E-state index is -0.182. The van der Waals surface area contributed by atoms with Gasteiger partial charge in [0.15, 0.2) is 5.69 Å². The Balaban J connectivity index is 2.38. The topological polar surface area (TPSA) is 72.9 Å². The average Bonchev–Trinajstić information content (AvgIpc) is 2.70. The Morgan fingerprint density at radius 2 is 2.35 bits per heavy atom. The van der Waals surface area contributed by atoms with E-state index in [0.717, 1.165) is 18.6 Å². The van der Waals surface area contributed by atoms with Crippen LogP contribution in [0.4, 0.5) is 5.69 Å². The van der Waals surface area contributed by atoms with E-state index in [2.05, 4.69) is 16.7 Å². The standard InChI is InChI=1S/C11H20N4OS/c1-3-15-8-9(12)10(14-15)11(16)13-6-4-5-7-17-2/h8H,3-7,12H2,1-2H3,(H,13,16). The number of unbranched alkanes of at least 4 members (excludes halogenated alkanes) is 1. The van der Waals surface area contributed by atoms with Gasteiger partial charge in [-0.3, -0.25) is 9.48 Å². The lowest BCUT2D eigenvalue weighted by atomic mass is 10.3. The number of nitrogens with one attached hydrogen (secondary N) is 1. The third-order valence-corrected chi connectivity index (χ3v) is 3.09. The van der Waals surface area contributed by atoms with Crippen LogP contribution in [-0.2, 0) is 6.54 Å². The van der Waals surface area contributed by atoms with Gasteiger partial charge in [0.1, 0.15) is 0 Å². The fourth-order valence-corrected chi connectivity index (χ4v) is 1.93. The molecule has 1 amide bonds. The third-order valence-electron chi connectivity index (χ3n) is 2.39. The van der Waals surface area contributed by atoms with Gasteiger partial charge in [0.2, 0.25) is 0 Å². The number of anilines is 1. The molecule has 96 valence electrons. The maximum absolute atomic E-state index is 11.8. The highest BCUT2D eigenvalue weighted by Crippen LogP contribution is 2.08. The van der Waals surface area contributed by atoms with Crippen LogP contribution in [0, 0.1) is 0 Å². The van der Waals surface area contributed by atoms with E-state index in [0.29, 0.717) is 24.5 Å². The maximum atomic E-state index is 11.8. The number of carbonyl (C=O) groups is 1. The molecule has 1 aromatic heterocycles. The Bertz CT molecular complexity index is 364. The van der Waals surface area contributed by atoms with Crippen LogP contribution in [-0.4, -0.2) is 34.2 Å². The van der Waals surface area contributed by atoms with Gasteiger partial charge < -0.3 is 11.1 Å². The fourth-order valence-electron chi connectivity index (χ4n) is 1.43. The van der Waals surface area contributed by atoms with Crippen molar-refractivity contribution in [3.05, 3.63) is 11.9 Å². The summed E-state index contributed by atoms with van der Waals surface area (Å²) in [4.78, 5) is 11.8. The highest BCUT2D eigenvalue weighted by molar-refractivity contribution is 7.98. The Morgan fingerprint density at radius 3 is 2.94 bits per heavy atom. The highest BCUT2D eigenvalue weighted by Gasteiger charge is 2.13. The number of rotatable bonds is 7. The summed E-state index contributed by atoms with van der Waals surface area (Å²) in [5.41, 5.74) is 6.49. The van der Waals surface area contributed by atoms with E-state index >= 15 is 0 Å². The minimum absolute atomic E-state index is 0.182. The van der Waals surface area contributed by atoms with Crippen LogP contribution in [0.2, 0.25) is 0 Å². The summed E-state index contributed by atoms with van der Waals surface area (Å²) in [7, 11) is 0. The zero-order valence-corrected chi connectivity index (χ0v) is 11.2. The van der Waals surface area contributed by atoms with Gasteiger partial charge >= 0.3 is 0 Å². The van der Waals surface area contributed by atoms with Gasteiger partial charge in [0.05, 0.1) is 5.69 Å². The van der Waals surface area contributed by atoms with Crippen molar-refractivity contribution in [1.29, 1.82) is 0 Å². The molecule has 0 aliphatic carbocycles. The zero-order valence-electron chi connectivity index (χ0n) is 10.4. The summed E-state index contributed by atoms with van der Waals surface area (Å²) in [6, 6.07) is 0. The first-order valence-corrected chi connectivity index (χ1v) is 7.18. The summed E-state index contributed by atoms with van der Waals surface area (Å²) in [5, 5.41) is 6.95. The number of amides is 1. The van der Waals surface area contributed by atoms with Gasteiger partial charge in [-0.25, -0.2) is 0 Å². The molecule has 1 aromatic rings. The molecule has 0 aliphatic heterocycles. The lowest BCUT2D eigenvalue weighted by molar-refractivity contribution is 0.0948. The van der Waals surface area contributed by atoms with Crippen molar-refractivity contribution in [1.82, 2.24) is 15.1 Å². The molecule has 3 N–H and O–H groups in total. The number of thioether (sulfide) groups is 1. The lowest BCUT2D eigenvalue weighted by Gasteiger charge is -2.03. The molecule has 0 saturated carbocycles. The summed E-state index contributed by atoms with van der Waals surface area (Å²) >= 11 is 1.82. The molecule has 1 heterocycles. The lowest BCUT2D eigenvalue weighted by Crippen LogP contribution is -2.25. The van der Waals surface area contributed by atoms with Gasteiger partial charge in [-0.15, -0.1) is 0 Å². The zero-order chi connectivity index (χ0) is 12.7. The molecule has 17 heavy (non-hydrogen) atoms. The van der Waals surface area contributed by atoms with E-state index < -0.39 is 0 Å². The van der Waals surface area contributed by atoms with Crippen molar-refractivity contribution in [2.45, 2.75) is 26.3 Å². The van der Waals surface area contributed by atoms with Crippen molar-refractivity contribution in [2.24, 2.45) is 0 Å². The number of nitrogens with zero attached hydrogens (tertiary/aromatic N) is 2. The van der Waals surface area contributed by atoms with Crippen LogP contribution in [0.25, 0.3) is 0 Å². The number of aryl methyl sites for hydroxylation is 1. The number of hydrogen-bond donors (Lipinski definition) is 2. The van der Waals surface area contributed by atoms with Gasteiger partial charge in [-0.1, -0.05) is 0 Å². The maximum Gasteiger partial charge on any atom is 0.273 e.